The van der Waals surface area contributed by atoms with Gasteiger partial charge in [0.2, 0.25) is 11.9 Å². The predicted molar refractivity (Wildman–Crippen MR) is 121 cm³/mol. The van der Waals surface area contributed by atoms with Gasteiger partial charge in [0.05, 0.1) is 5.71 Å². The van der Waals surface area contributed by atoms with E-state index in [-0.39, 0.29) is 23.6 Å². The molecule has 2 aliphatic rings. The first kappa shape index (κ1) is 21.9. The molecular weight excluding hydrogens is 430 g/mol. The second kappa shape index (κ2) is 9.88. The SMILES string of the molecule is N/C(C(=O)NCc1ccc(Cl)cc1)=C1/CN(C[C@H]2CCC(=O)N2)C/C1=N\c1ncccn1. The Balaban J connectivity index is 1.51. The summed E-state index contributed by atoms with van der Waals surface area (Å²) in [5.41, 5.74) is 8.61. The average Bonchev–Trinajstić information content (AvgIpc) is 3.39. The molecule has 1 aromatic heterocycles. The quantitative estimate of drug-likeness (QED) is 0.566. The highest BCUT2D eigenvalue weighted by molar-refractivity contribution is 6.30. The van der Waals surface area contributed by atoms with Crippen LogP contribution in [0, 0.1) is 0 Å². The van der Waals surface area contributed by atoms with Crippen LogP contribution in [0.4, 0.5) is 5.95 Å². The number of carbonyl (C=O) groups excluding carboxylic acids is 2. The molecule has 2 aromatic rings. The molecule has 1 atom stereocenters. The van der Waals surface area contributed by atoms with Crippen LogP contribution in [0.25, 0.3) is 0 Å². The molecule has 0 spiro atoms. The third-order valence-corrected chi connectivity index (χ3v) is 5.64. The van der Waals surface area contributed by atoms with Crippen LogP contribution in [0.15, 0.2) is 59.0 Å². The van der Waals surface area contributed by atoms with Gasteiger partial charge in [0.25, 0.3) is 5.91 Å². The van der Waals surface area contributed by atoms with E-state index in [2.05, 4.69) is 30.5 Å². The number of aromatic nitrogens is 2. The van der Waals surface area contributed by atoms with Crippen LogP contribution in [-0.4, -0.2) is 58.1 Å². The number of halogens is 1. The number of hydrogen-bond acceptors (Lipinski definition) is 7. The van der Waals surface area contributed by atoms with Crippen molar-refractivity contribution < 1.29 is 9.59 Å². The van der Waals surface area contributed by atoms with Crippen LogP contribution in [0.1, 0.15) is 18.4 Å². The number of nitrogens with two attached hydrogens (primary N) is 1. The van der Waals surface area contributed by atoms with Gasteiger partial charge in [0, 0.05) is 61.6 Å². The summed E-state index contributed by atoms with van der Waals surface area (Å²) in [5.74, 6) is 0.00988. The molecule has 0 radical (unpaired) electrons. The van der Waals surface area contributed by atoms with Crippen molar-refractivity contribution in [3.63, 3.8) is 0 Å². The Bertz CT molecular complexity index is 1050. The molecular formula is C22H24ClN7O2. The summed E-state index contributed by atoms with van der Waals surface area (Å²) in [6.07, 6.45) is 4.55. The molecule has 1 aromatic carbocycles. The molecule has 32 heavy (non-hydrogen) atoms. The molecule has 0 unspecified atom stereocenters. The number of rotatable bonds is 6. The van der Waals surface area contributed by atoms with Gasteiger partial charge in [-0.05, 0) is 30.2 Å². The largest absolute Gasteiger partial charge is 0.394 e. The maximum Gasteiger partial charge on any atom is 0.267 e. The average molecular weight is 454 g/mol. The van der Waals surface area contributed by atoms with Gasteiger partial charge in [-0.1, -0.05) is 23.7 Å². The lowest BCUT2D eigenvalue weighted by atomic mass is 10.1. The summed E-state index contributed by atoms with van der Waals surface area (Å²) < 4.78 is 0. The number of likely N-dealkylation sites (tertiary alicyclic amines) is 1. The highest BCUT2D eigenvalue weighted by atomic mass is 35.5. The minimum absolute atomic E-state index is 0.0672. The predicted octanol–water partition coefficient (Wildman–Crippen LogP) is 1.33. The Kier molecular flexibility index (Phi) is 6.77. The van der Waals surface area contributed by atoms with Crippen molar-refractivity contribution in [2.24, 2.45) is 10.7 Å². The molecule has 2 aliphatic heterocycles. The van der Waals surface area contributed by atoms with Crippen molar-refractivity contribution in [3.05, 3.63) is 64.6 Å². The Morgan fingerprint density at radius 3 is 2.69 bits per heavy atom. The summed E-state index contributed by atoms with van der Waals surface area (Å²) in [5, 5.41) is 6.45. The Labute approximate surface area is 190 Å². The van der Waals surface area contributed by atoms with Crippen molar-refractivity contribution in [2.75, 3.05) is 19.6 Å². The molecule has 10 heteroatoms. The molecule has 2 fully saturated rings. The van der Waals surface area contributed by atoms with E-state index in [0.717, 1.165) is 12.0 Å². The fraction of sp³-hybridized carbons (Fsp3) is 0.318. The maximum absolute atomic E-state index is 12.8. The first-order valence-corrected chi connectivity index (χ1v) is 10.7. The topological polar surface area (TPSA) is 126 Å². The van der Waals surface area contributed by atoms with Gasteiger partial charge < -0.3 is 16.4 Å². The Morgan fingerprint density at radius 2 is 2.00 bits per heavy atom. The molecule has 2 saturated heterocycles. The Hall–Kier alpha value is -3.30. The number of nitrogens with zero attached hydrogens (tertiary/aromatic N) is 4. The van der Waals surface area contributed by atoms with E-state index in [4.69, 9.17) is 17.3 Å². The molecule has 9 nitrogen and oxygen atoms in total. The molecule has 4 rings (SSSR count). The zero-order valence-corrected chi connectivity index (χ0v) is 18.2. The summed E-state index contributed by atoms with van der Waals surface area (Å²) >= 11 is 5.91. The third-order valence-electron chi connectivity index (χ3n) is 5.39. The third kappa shape index (κ3) is 5.49. The van der Waals surface area contributed by atoms with E-state index in [0.29, 0.717) is 54.9 Å². The van der Waals surface area contributed by atoms with Crippen LogP contribution >= 0.6 is 11.6 Å². The van der Waals surface area contributed by atoms with Gasteiger partial charge in [-0.15, -0.1) is 0 Å². The monoisotopic (exact) mass is 453 g/mol. The van der Waals surface area contributed by atoms with Crippen molar-refractivity contribution in [1.82, 2.24) is 25.5 Å². The second-order valence-corrected chi connectivity index (χ2v) is 8.22. The molecule has 0 aliphatic carbocycles. The fourth-order valence-electron chi connectivity index (χ4n) is 3.76. The van der Waals surface area contributed by atoms with E-state index in [9.17, 15) is 9.59 Å². The van der Waals surface area contributed by atoms with Gasteiger partial charge in [0.15, 0.2) is 0 Å². The van der Waals surface area contributed by atoms with Gasteiger partial charge in [-0.25, -0.2) is 15.0 Å². The standard InChI is InChI=1S/C22H24ClN7O2/c23-15-4-2-14(3-5-15)10-27-21(32)20(24)17-12-30(11-16-6-7-19(31)28-16)13-18(17)29-22-25-8-1-9-26-22/h1-5,8-9,16H,6-7,10-13,24H2,(H,27,32)(H,28,31)/b20-17-,29-18+/t16-/m1/s1. The van der Waals surface area contributed by atoms with E-state index in [1.807, 2.05) is 12.1 Å². The van der Waals surface area contributed by atoms with Crippen molar-refractivity contribution in [3.8, 4) is 0 Å². The number of carbonyl (C=O) groups is 2. The van der Waals surface area contributed by atoms with Gasteiger partial charge in [0.1, 0.15) is 5.70 Å². The highest BCUT2D eigenvalue weighted by Gasteiger charge is 2.31. The highest BCUT2D eigenvalue weighted by Crippen LogP contribution is 2.20. The van der Waals surface area contributed by atoms with Crippen LogP contribution < -0.4 is 16.4 Å². The van der Waals surface area contributed by atoms with Gasteiger partial charge >= 0.3 is 0 Å². The zero-order valence-electron chi connectivity index (χ0n) is 17.4. The van der Waals surface area contributed by atoms with E-state index >= 15 is 0 Å². The molecule has 166 valence electrons. The molecule has 4 N–H and O–H groups in total. The van der Waals surface area contributed by atoms with Crippen LogP contribution in [-0.2, 0) is 16.1 Å². The smallest absolute Gasteiger partial charge is 0.267 e. The summed E-state index contributed by atoms with van der Waals surface area (Å²) in [6.45, 7) is 1.93. The molecule has 2 amide bonds. The minimum atomic E-state index is -0.368. The lowest BCUT2D eigenvalue weighted by Gasteiger charge is -2.18. The fourth-order valence-corrected chi connectivity index (χ4v) is 3.89. The summed E-state index contributed by atoms with van der Waals surface area (Å²) in [7, 11) is 0. The number of aliphatic imine (C=N–C) groups is 1. The minimum Gasteiger partial charge on any atom is -0.394 e. The van der Waals surface area contributed by atoms with E-state index < -0.39 is 0 Å². The first-order valence-electron chi connectivity index (χ1n) is 10.4. The normalized spacial score (nSPS) is 21.6. The number of benzene rings is 1. The van der Waals surface area contributed by atoms with E-state index in [1.165, 1.54) is 0 Å². The zero-order chi connectivity index (χ0) is 22.5. The molecule has 0 bridgehead atoms. The number of nitrogens with one attached hydrogen (secondary N) is 2. The Morgan fingerprint density at radius 1 is 1.25 bits per heavy atom. The molecule has 0 saturated carbocycles. The number of hydrogen-bond donors (Lipinski definition) is 3. The lowest BCUT2D eigenvalue weighted by molar-refractivity contribution is -0.119. The lowest BCUT2D eigenvalue weighted by Crippen LogP contribution is -2.37. The number of amides is 2. The van der Waals surface area contributed by atoms with E-state index in [1.54, 1.807) is 30.6 Å². The van der Waals surface area contributed by atoms with Crippen molar-refractivity contribution >= 4 is 35.1 Å². The van der Waals surface area contributed by atoms with Crippen LogP contribution in [0.2, 0.25) is 5.02 Å². The van der Waals surface area contributed by atoms with Crippen LogP contribution in [0.3, 0.4) is 0 Å². The first-order chi connectivity index (χ1) is 15.5. The van der Waals surface area contributed by atoms with Crippen molar-refractivity contribution in [2.45, 2.75) is 25.4 Å². The van der Waals surface area contributed by atoms with Crippen LogP contribution in [0.5, 0.6) is 0 Å². The maximum atomic E-state index is 12.8. The van der Waals surface area contributed by atoms with Gasteiger partial charge in [-0.3, -0.25) is 14.5 Å². The van der Waals surface area contributed by atoms with Crippen molar-refractivity contribution in [1.29, 1.82) is 0 Å². The van der Waals surface area contributed by atoms with Gasteiger partial charge in [-0.2, -0.15) is 0 Å². The second-order valence-electron chi connectivity index (χ2n) is 7.78. The summed E-state index contributed by atoms with van der Waals surface area (Å²) in [4.78, 5) is 39.3. The summed E-state index contributed by atoms with van der Waals surface area (Å²) in [6, 6.07) is 9.02. The molecule has 3 heterocycles.